The summed E-state index contributed by atoms with van der Waals surface area (Å²) in [4.78, 5) is 0. The molecule has 0 aliphatic heterocycles. The molecule has 1 nitrogen and oxygen atoms in total. The van der Waals surface area contributed by atoms with Gasteiger partial charge in [-0.25, -0.2) is 0 Å². The molecule has 3 aromatic rings. The lowest BCUT2D eigenvalue weighted by atomic mass is 10.1. The van der Waals surface area contributed by atoms with Gasteiger partial charge >= 0.3 is 0 Å². The third-order valence-corrected chi connectivity index (χ3v) is 4.19. The number of hydrogen-bond acceptors (Lipinski definition) is 0. The van der Waals surface area contributed by atoms with E-state index in [0.717, 1.165) is 16.6 Å². The molecular weight excluding hydrogens is 277 g/mol. The molecule has 96 valence electrons. The van der Waals surface area contributed by atoms with Crippen LogP contribution in [0, 0.1) is 13.8 Å². The second-order valence-electron chi connectivity index (χ2n) is 4.75. The van der Waals surface area contributed by atoms with Crippen molar-refractivity contribution in [1.82, 2.24) is 4.57 Å². The van der Waals surface area contributed by atoms with Crippen molar-refractivity contribution in [1.29, 1.82) is 0 Å². The maximum absolute atomic E-state index is 6.41. The van der Waals surface area contributed by atoms with Gasteiger partial charge in [0.15, 0.2) is 0 Å². The van der Waals surface area contributed by atoms with E-state index < -0.39 is 0 Å². The summed E-state index contributed by atoms with van der Waals surface area (Å²) in [7, 11) is 0. The van der Waals surface area contributed by atoms with Gasteiger partial charge in [-0.1, -0.05) is 59.1 Å². The van der Waals surface area contributed by atoms with Gasteiger partial charge < -0.3 is 0 Å². The van der Waals surface area contributed by atoms with Crippen LogP contribution in [0.1, 0.15) is 11.1 Å². The Morgan fingerprint density at radius 2 is 1.68 bits per heavy atom. The van der Waals surface area contributed by atoms with E-state index in [1.807, 2.05) is 28.8 Å². The van der Waals surface area contributed by atoms with Crippen LogP contribution >= 0.6 is 23.2 Å². The Morgan fingerprint density at radius 1 is 0.947 bits per heavy atom. The minimum atomic E-state index is 0.565. The average Bonchev–Trinajstić information content (AvgIpc) is 2.64. The van der Waals surface area contributed by atoms with E-state index in [-0.39, 0.29) is 0 Å². The topological polar surface area (TPSA) is 4.93 Å². The molecule has 0 aliphatic carbocycles. The van der Waals surface area contributed by atoms with Gasteiger partial charge in [0, 0.05) is 11.1 Å². The number of aryl methyl sites for hydroxylation is 2. The summed E-state index contributed by atoms with van der Waals surface area (Å²) in [6, 6.07) is 14.3. The van der Waals surface area contributed by atoms with E-state index in [0.29, 0.717) is 10.2 Å². The Balaban J connectivity index is 2.39. The van der Waals surface area contributed by atoms with E-state index >= 15 is 0 Å². The fraction of sp³-hybridized carbons (Fsp3) is 0.125. The molecule has 0 atom stereocenters. The Hall–Kier alpha value is -1.44. The molecule has 3 rings (SSSR count). The predicted octanol–water partition coefficient (Wildman–Crippen LogP) is 5.55. The minimum absolute atomic E-state index is 0.565. The first-order chi connectivity index (χ1) is 9.09. The zero-order chi connectivity index (χ0) is 13.6. The van der Waals surface area contributed by atoms with Crippen LogP contribution in [0.5, 0.6) is 0 Å². The quantitative estimate of drug-likeness (QED) is 0.553. The second kappa shape index (κ2) is 4.59. The van der Waals surface area contributed by atoms with Crippen LogP contribution in [0.2, 0.25) is 10.2 Å². The van der Waals surface area contributed by atoms with Gasteiger partial charge in [0.05, 0.1) is 10.5 Å². The normalized spacial score (nSPS) is 11.2. The highest BCUT2D eigenvalue weighted by Gasteiger charge is 2.15. The maximum atomic E-state index is 6.41. The van der Waals surface area contributed by atoms with Crippen LogP contribution in [0.25, 0.3) is 16.6 Å². The lowest BCUT2D eigenvalue weighted by Gasteiger charge is -2.11. The highest BCUT2D eigenvalue weighted by atomic mass is 35.5. The standard InChI is InChI=1S/C16H13Cl2N/c1-10-7-8-13(11(2)9-10)19-14-6-4-3-5-12(14)15(17)16(19)18/h3-9H,1-2H3. The van der Waals surface area contributed by atoms with Gasteiger partial charge in [0.1, 0.15) is 5.15 Å². The molecule has 3 heteroatoms. The summed E-state index contributed by atoms with van der Waals surface area (Å²) in [5.74, 6) is 0. The Kier molecular flexibility index (Phi) is 3.04. The molecule has 0 amide bonds. The van der Waals surface area contributed by atoms with E-state index in [2.05, 4.69) is 32.0 Å². The third kappa shape index (κ3) is 1.94. The fourth-order valence-electron chi connectivity index (χ4n) is 2.46. The van der Waals surface area contributed by atoms with Crippen molar-refractivity contribution in [2.24, 2.45) is 0 Å². The van der Waals surface area contributed by atoms with Crippen molar-refractivity contribution < 1.29 is 0 Å². The summed E-state index contributed by atoms with van der Waals surface area (Å²) in [6.07, 6.45) is 0. The lowest BCUT2D eigenvalue weighted by Crippen LogP contribution is -1.97. The number of rotatable bonds is 1. The maximum Gasteiger partial charge on any atom is 0.133 e. The van der Waals surface area contributed by atoms with Crippen molar-refractivity contribution in [3.8, 4) is 5.69 Å². The smallest absolute Gasteiger partial charge is 0.133 e. The average molecular weight is 290 g/mol. The van der Waals surface area contributed by atoms with Crippen molar-refractivity contribution in [2.45, 2.75) is 13.8 Å². The molecule has 0 fully saturated rings. The lowest BCUT2D eigenvalue weighted by molar-refractivity contribution is 1.10. The number of aromatic nitrogens is 1. The summed E-state index contributed by atoms with van der Waals surface area (Å²) in [5, 5.41) is 2.15. The number of halogens is 2. The Bertz CT molecular complexity index is 772. The number of benzene rings is 2. The van der Waals surface area contributed by atoms with E-state index in [1.165, 1.54) is 11.1 Å². The van der Waals surface area contributed by atoms with E-state index in [4.69, 9.17) is 23.2 Å². The van der Waals surface area contributed by atoms with E-state index in [1.54, 1.807) is 0 Å². The van der Waals surface area contributed by atoms with Gasteiger partial charge in [-0.2, -0.15) is 0 Å². The molecule has 0 radical (unpaired) electrons. The zero-order valence-corrected chi connectivity index (χ0v) is 12.3. The molecule has 19 heavy (non-hydrogen) atoms. The monoisotopic (exact) mass is 289 g/mol. The highest BCUT2D eigenvalue weighted by Crippen LogP contribution is 2.37. The van der Waals surface area contributed by atoms with Crippen LogP contribution in [0.4, 0.5) is 0 Å². The molecule has 0 bridgehead atoms. The molecule has 0 saturated heterocycles. The number of para-hydroxylation sites is 1. The van der Waals surface area contributed by atoms with Crippen LogP contribution in [-0.2, 0) is 0 Å². The second-order valence-corrected chi connectivity index (χ2v) is 5.48. The summed E-state index contributed by atoms with van der Waals surface area (Å²) >= 11 is 12.7. The van der Waals surface area contributed by atoms with Crippen molar-refractivity contribution in [3.63, 3.8) is 0 Å². The molecule has 1 aromatic heterocycles. The molecule has 0 unspecified atom stereocenters. The molecule has 0 spiro atoms. The first-order valence-corrected chi connectivity index (χ1v) is 6.87. The Morgan fingerprint density at radius 3 is 2.42 bits per heavy atom. The number of hydrogen-bond donors (Lipinski definition) is 0. The number of nitrogens with zero attached hydrogens (tertiary/aromatic N) is 1. The van der Waals surface area contributed by atoms with Crippen LogP contribution < -0.4 is 0 Å². The summed E-state index contributed by atoms with van der Waals surface area (Å²) in [6.45, 7) is 4.17. The van der Waals surface area contributed by atoms with E-state index in [9.17, 15) is 0 Å². The van der Waals surface area contributed by atoms with Crippen molar-refractivity contribution in [3.05, 3.63) is 63.8 Å². The molecule has 0 aliphatic rings. The molecule has 0 saturated carbocycles. The minimum Gasteiger partial charge on any atom is -0.299 e. The van der Waals surface area contributed by atoms with Gasteiger partial charge in [-0.3, -0.25) is 4.57 Å². The third-order valence-electron chi connectivity index (χ3n) is 3.35. The van der Waals surface area contributed by atoms with Gasteiger partial charge in [0.2, 0.25) is 0 Å². The molecule has 0 N–H and O–H groups in total. The van der Waals surface area contributed by atoms with Gasteiger partial charge in [-0.05, 0) is 31.5 Å². The van der Waals surface area contributed by atoms with Crippen LogP contribution in [-0.4, -0.2) is 4.57 Å². The van der Waals surface area contributed by atoms with Crippen LogP contribution in [0.3, 0.4) is 0 Å². The summed E-state index contributed by atoms with van der Waals surface area (Å²) < 4.78 is 2.01. The molecule has 2 aromatic carbocycles. The summed E-state index contributed by atoms with van der Waals surface area (Å²) in [5.41, 5.74) is 4.52. The molecular formula is C16H13Cl2N. The zero-order valence-electron chi connectivity index (χ0n) is 10.7. The SMILES string of the molecule is Cc1ccc(-n2c(Cl)c(Cl)c3ccccc32)c(C)c1. The van der Waals surface area contributed by atoms with Crippen LogP contribution in [0.15, 0.2) is 42.5 Å². The van der Waals surface area contributed by atoms with Crippen molar-refractivity contribution >= 4 is 34.1 Å². The van der Waals surface area contributed by atoms with Crippen molar-refractivity contribution in [2.75, 3.05) is 0 Å². The largest absolute Gasteiger partial charge is 0.299 e. The highest BCUT2D eigenvalue weighted by molar-refractivity contribution is 6.45. The van der Waals surface area contributed by atoms with Gasteiger partial charge in [-0.15, -0.1) is 0 Å². The number of fused-ring (bicyclic) bond motifs is 1. The first-order valence-electron chi connectivity index (χ1n) is 6.11. The fourth-order valence-corrected chi connectivity index (χ4v) is 2.99. The van der Waals surface area contributed by atoms with Gasteiger partial charge in [0.25, 0.3) is 0 Å². The molecule has 1 heterocycles. The first kappa shape index (κ1) is 12.6. The predicted molar refractivity (Wildman–Crippen MR) is 82.8 cm³/mol. The Labute approximate surface area is 122 Å².